The van der Waals surface area contributed by atoms with Gasteiger partial charge in [0.1, 0.15) is 0 Å². The highest BCUT2D eigenvalue weighted by molar-refractivity contribution is 6.28. The summed E-state index contributed by atoms with van der Waals surface area (Å²) in [5.41, 5.74) is 0. The number of oxazole rings is 1. The molecule has 2 aromatic rings. The number of methoxy groups -OCH3 is 1. The second-order valence-corrected chi connectivity index (χ2v) is 3.76. The summed E-state index contributed by atoms with van der Waals surface area (Å²) in [6, 6.07) is 3.40. The van der Waals surface area contributed by atoms with Crippen LogP contribution < -0.4 is 5.32 Å². The molecule has 0 bridgehead atoms. The van der Waals surface area contributed by atoms with Crippen LogP contribution in [0.2, 0.25) is 5.22 Å². The van der Waals surface area contributed by atoms with Crippen LogP contribution in [-0.4, -0.2) is 25.2 Å². The van der Waals surface area contributed by atoms with Crippen LogP contribution in [0.25, 0.3) is 11.5 Å². The summed E-state index contributed by atoms with van der Waals surface area (Å²) in [7, 11) is 1.66. The van der Waals surface area contributed by atoms with Gasteiger partial charge in [-0.3, -0.25) is 0 Å². The molecule has 0 aliphatic rings. The first kappa shape index (κ1) is 12.2. The first-order chi connectivity index (χ1) is 8.29. The molecule has 0 unspecified atom stereocenters. The van der Waals surface area contributed by atoms with E-state index >= 15 is 0 Å². The Hall–Kier alpha value is -1.30. The quantitative estimate of drug-likeness (QED) is 0.804. The van der Waals surface area contributed by atoms with Crippen molar-refractivity contribution in [2.24, 2.45) is 0 Å². The van der Waals surface area contributed by atoms with Crippen molar-refractivity contribution >= 4 is 11.6 Å². The van der Waals surface area contributed by atoms with Gasteiger partial charge in [-0.05, 0) is 23.7 Å². The zero-order valence-electron chi connectivity index (χ0n) is 9.40. The Kier molecular flexibility index (Phi) is 4.19. The van der Waals surface area contributed by atoms with Gasteiger partial charge in [0.25, 0.3) is 0 Å². The smallest absolute Gasteiger partial charge is 0.209 e. The van der Waals surface area contributed by atoms with Crippen LogP contribution >= 0.6 is 11.6 Å². The highest BCUT2D eigenvalue weighted by Gasteiger charge is 2.09. The van der Waals surface area contributed by atoms with Gasteiger partial charge in [-0.25, -0.2) is 4.98 Å². The molecule has 0 saturated heterocycles. The van der Waals surface area contributed by atoms with Crippen LogP contribution in [0.5, 0.6) is 0 Å². The van der Waals surface area contributed by atoms with Crippen LogP contribution in [0.4, 0.5) is 0 Å². The van der Waals surface area contributed by atoms with Crippen molar-refractivity contribution < 1.29 is 13.6 Å². The lowest BCUT2D eigenvalue weighted by molar-refractivity contribution is 0.198. The minimum absolute atomic E-state index is 0.330. The number of nitrogens with zero attached hydrogens (tertiary/aromatic N) is 1. The standard InChI is InChI=1S/C11H13ClN2O3/c1-15-5-4-13-7-11-14-6-9(17-11)8-2-3-10(12)16-8/h2-3,6,13H,4-5,7H2,1H3. The minimum Gasteiger partial charge on any atom is -0.441 e. The Morgan fingerprint density at radius 2 is 2.24 bits per heavy atom. The molecule has 2 heterocycles. The predicted octanol–water partition coefficient (Wildman–Crippen LogP) is 2.32. The van der Waals surface area contributed by atoms with Crippen LogP contribution in [-0.2, 0) is 11.3 Å². The van der Waals surface area contributed by atoms with Crippen molar-refractivity contribution in [2.75, 3.05) is 20.3 Å². The maximum Gasteiger partial charge on any atom is 0.209 e. The molecule has 0 atom stereocenters. The van der Waals surface area contributed by atoms with Gasteiger partial charge in [-0.1, -0.05) is 0 Å². The van der Waals surface area contributed by atoms with Crippen molar-refractivity contribution in [2.45, 2.75) is 6.54 Å². The monoisotopic (exact) mass is 256 g/mol. The molecular formula is C11H13ClN2O3. The third kappa shape index (κ3) is 3.33. The van der Waals surface area contributed by atoms with E-state index in [2.05, 4.69) is 10.3 Å². The van der Waals surface area contributed by atoms with Crippen molar-refractivity contribution in [3.63, 3.8) is 0 Å². The topological polar surface area (TPSA) is 60.4 Å². The molecule has 0 aliphatic heterocycles. The SMILES string of the molecule is COCCNCc1ncc(-c2ccc(Cl)o2)o1. The maximum absolute atomic E-state index is 5.68. The Bertz CT molecular complexity index is 467. The normalized spacial score (nSPS) is 10.9. The number of hydrogen-bond donors (Lipinski definition) is 1. The maximum atomic E-state index is 5.68. The molecule has 0 spiro atoms. The van der Waals surface area contributed by atoms with E-state index in [1.54, 1.807) is 25.4 Å². The summed E-state index contributed by atoms with van der Waals surface area (Å²) in [6.07, 6.45) is 1.61. The molecule has 0 saturated carbocycles. The first-order valence-electron chi connectivity index (χ1n) is 5.19. The molecule has 1 N–H and O–H groups in total. The zero-order valence-corrected chi connectivity index (χ0v) is 10.2. The predicted molar refractivity (Wildman–Crippen MR) is 62.8 cm³/mol. The van der Waals surface area contributed by atoms with Crippen molar-refractivity contribution in [3.8, 4) is 11.5 Å². The number of rotatable bonds is 6. The van der Waals surface area contributed by atoms with Gasteiger partial charge in [-0.2, -0.15) is 0 Å². The highest BCUT2D eigenvalue weighted by Crippen LogP contribution is 2.25. The molecule has 0 aromatic carbocycles. The minimum atomic E-state index is 0.330. The number of aromatic nitrogens is 1. The summed E-state index contributed by atoms with van der Waals surface area (Å²) in [5.74, 6) is 1.75. The van der Waals surface area contributed by atoms with E-state index in [0.29, 0.717) is 35.8 Å². The summed E-state index contributed by atoms with van der Waals surface area (Å²) in [6.45, 7) is 1.96. The first-order valence-corrected chi connectivity index (χ1v) is 5.57. The Balaban J connectivity index is 1.92. The van der Waals surface area contributed by atoms with Crippen molar-refractivity contribution in [1.29, 1.82) is 0 Å². The fourth-order valence-electron chi connectivity index (χ4n) is 1.32. The van der Waals surface area contributed by atoms with Gasteiger partial charge in [0.2, 0.25) is 5.89 Å². The molecule has 17 heavy (non-hydrogen) atoms. The lowest BCUT2D eigenvalue weighted by Gasteiger charge is -1.99. The van der Waals surface area contributed by atoms with Gasteiger partial charge in [0, 0.05) is 13.7 Å². The lowest BCUT2D eigenvalue weighted by atomic mass is 10.4. The van der Waals surface area contributed by atoms with Crippen LogP contribution in [0.1, 0.15) is 5.89 Å². The van der Waals surface area contributed by atoms with Gasteiger partial charge in [-0.15, -0.1) is 0 Å². The highest BCUT2D eigenvalue weighted by atomic mass is 35.5. The number of furan rings is 1. The number of nitrogens with one attached hydrogen (secondary N) is 1. The van der Waals surface area contributed by atoms with Crippen LogP contribution in [0, 0.1) is 0 Å². The Morgan fingerprint density at radius 1 is 1.35 bits per heavy atom. The number of halogens is 1. The fraction of sp³-hybridized carbons (Fsp3) is 0.364. The summed E-state index contributed by atoms with van der Waals surface area (Å²) < 4.78 is 15.6. The molecule has 0 radical (unpaired) electrons. The van der Waals surface area contributed by atoms with E-state index in [1.165, 1.54) is 0 Å². The van der Waals surface area contributed by atoms with E-state index in [9.17, 15) is 0 Å². The molecule has 0 amide bonds. The lowest BCUT2D eigenvalue weighted by Crippen LogP contribution is -2.18. The average Bonchev–Trinajstić information content (AvgIpc) is 2.93. The average molecular weight is 257 g/mol. The molecule has 5 nitrogen and oxygen atoms in total. The molecule has 6 heteroatoms. The van der Waals surface area contributed by atoms with Gasteiger partial charge in [0.05, 0.1) is 19.3 Å². The number of ether oxygens (including phenoxy) is 1. The molecule has 92 valence electrons. The van der Waals surface area contributed by atoms with E-state index in [0.717, 1.165) is 6.54 Å². The van der Waals surface area contributed by atoms with E-state index < -0.39 is 0 Å². The molecule has 2 rings (SSSR count). The number of hydrogen-bond acceptors (Lipinski definition) is 5. The van der Waals surface area contributed by atoms with E-state index in [4.69, 9.17) is 25.2 Å². The molecule has 0 aliphatic carbocycles. The van der Waals surface area contributed by atoms with Crippen LogP contribution in [0.3, 0.4) is 0 Å². The van der Waals surface area contributed by atoms with Gasteiger partial charge >= 0.3 is 0 Å². The van der Waals surface area contributed by atoms with Crippen molar-refractivity contribution in [3.05, 3.63) is 29.4 Å². The summed E-state index contributed by atoms with van der Waals surface area (Å²) in [5, 5.41) is 3.46. The zero-order chi connectivity index (χ0) is 12.1. The third-order valence-electron chi connectivity index (χ3n) is 2.13. The third-order valence-corrected chi connectivity index (χ3v) is 2.33. The second-order valence-electron chi connectivity index (χ2n) is 3.39. The van der Waals surface area contributed by atoms with E-state index in [-0.39, 0.29) is 0 Å². The molecular weight excluding hydrogens is 244 g/mol. The van der Waals surface area contributed by atoms with E-state index in [1.807, 2.05) is 0 Å². The summed E-state index contributed by atoms with van der Waals surface area (Å²) in [4.78, 5) is 4.13. The second kappa shape index (κ2) is 5.86. The Morgan fingerprint density at radius 3 is 2.94 bits per heavy atom. The van der Waals surface area contributed by atoms with Crippen molar-refractivity contribution in [1.82, 2.24) is 10.3 Å². The van der Waals surface area contributed by atoms with Crippen LogP contribution in [0.15, 0.2) is 27.2 Å². The Labute approximate surface area is 104 Å². The summed E-state index contributed by atoms with van der Waals surface area (Å²) >= 11 is 5.68. The molecule has 2 aromatic heterocycles. The molecule has 0 fully saturated rings. The fourth-order valence-corrected chi connectivity index (χ4v) is 1.47. The van der Waals surface area contributed by atoms with Gasteiger partial charge in [0.15, 0.2) is 16.7 Å². The largest absolute Gasteiger partial charge is 0.441 e. The van der Waals surface area contributed by atoms with Gasteiger partial charge < -0.3 is 18.9 Å².